The molecule has 0 heterocycles. The SMILES string of the molecule is COc1ccc(/C=C(/NC(=O)c2ccccc2)C(=O)Nc2cccc(SC)c2)cc1. The Morgan fingerprint density at radius 1 is 0.933 bits per heavy atom. The van der Waals surface area contributed by atoms with Gasteiger partial charge in [-0.15, -0.1) is 11.8 Å². The maximum atomic E-state index is 13.0. The molecule has 0 aromatic heterocycles. The van der Waals surface area contributed by atoms with Crippen molar-refractivity contribution in [3.05, 3.63) is 95.7 Å². The molecule has 152 valence electrons. The van der Waals surface area contributed by atoms with Gasteiger partial charge in [-0.1, -0.05) is 36.4 Å². The Kier molecular flexibility index (Phi) is 7.29. The fourth-order valence-corrected chi connectivity index (χ4v) is 3.17. The molecule has 0 bridgehead atoms. The number of methoxy groups -OCH3 is 1. The molecular formula is C24H22N2O3S. The first-order chi connectivity index (χ1) is 14.6. The number of nitrogens with one attached hydrogen (secondary N) is 2. The van der Waals surface area contributed by atoms with Gasteiger partial charge in [-0.05, 0) is 60.4 Å². The molecule has 5 nitrogen and oxygen atoms in total. The number of anilines is 1. The summed E-state index contributed by atoms with van der Waals surface area (Å²) in [6, 6.07) is 23.5. The van der Waals surface area contributed by atoms with Crippen LogP contribution in [0.15, 0.2) is 89.5 Å². The minimum atomic E-state index is -0.409. The van der Waals surface area contributed by atoms with Gasteiger partial charge >= 0.3 is 0 Å². The first-order valence-electron chi connectivity index (χ1n) is 9.26. The van der Waals surface area contributed by atoms with E-state index in [9.17, 15) is 9.59 Å². The highest BCUT2D eigenvalue weighted by molar-refractivity contribution is 7.98. The predicted molar refractivity (Wildman–Crippen MR) is 122 cm³/mol. The lowest BCUT2D eigenvalue weighted by Crippen LogP contribution is -2.30. The molecule has 2 amide bonds. The fourth-order valence-electron chi connectivity index (χ4n) is 2.71. The van der Waals surface area contributed by atoms with Crippen molar-refractivity contribution in [2.45, 2.75) is 4.90 Å². The number of amides is 2. The van der Waals surface area contributed by atoms with Crippen molar-refractivity contribution < 1.29 is 14.3 Å². The van der Waals surface area contributed by atoms with E-state index in [4.69, 9.17) is 4.74 Å². The topological polar surface area (TPSA) is 67.4 Å². The third kappa shape index (κ3) is 5.75. The van der Waals surface area contributed by atoms with Crippen LogP contribution in [0.1, 0.15) is 15.9 Å². The number of benzene rings is 3. The summed E-state index contributed by atoms with van der Waals surface area (Å²) < 4.78 is 5.17. The molecule has 0 aliphatic rings. The molecule has 0 fully saturated rings. The second kappa shape index (κ2) is 10.3. The van der Waals surface area contributed by atoms with Crippen LogP contribution in [0, 0.1) is 0 Å². The Bertz CT molecular complexity index is 1050. The molecule has 0 unspecified atom stereocenters. The van der Waals surface area contributed by atoms with Gasteiger partial charge in [0.05, 0.1) is 7.11 Å². The first kappa shape index (κ1) is 21.2. The van der Waals surface area contributed by atoms with Gasteiger partial charge in [0.25, 0.3) is 11.8 Å². The number of thioether (sulfide) groups is 1. The van der Waals surface area contributed by atoms with Crippen LogP contribution in [0.3, 0.4) is 0 Å². The molecule has 30 heavy (non-hydrogen) atoms. The smallest absolute Gasteiger partial charge is 0.272 e. The Morgan fingerprint density at radius 2 is 1.67 bits per heavy atom. The molecule has 0 spiro atoms. The lowest BCUT2D eigenvalue weighted by Gasteiger charge is -2.12. The highest BCUT2D eigenvalue weighted by Crippen LogP contribution is 2.20. The van der Waals surface area contributed by atoms with Crippen LogP contribution in [0.25, 0.3) is 6.08 Å². The average molecular weight is 419 g/mol. The molecule has 0 atom stereocenters. The molecule has 0 saturated carbocycles. The molecule has 3 aromatic rings. The summed E-state index contributed by atoms with van der Waals surface area (Å²) >= 11 is 1.58. The second-order valence-corrected chi connectivity index (χ2v) is 7.22. The van der Waals surface area contributed by atoms with Gasteiger partial charge < -0.3 is 15.4 Å². The third-order valence-electron chi connectivity index (χ3n) is 4.28. The van der Waals surface area contributed by atoms with E-state index in [1.165, 1.54) is 0 Å². The molecule has 0 aliphatic heterocycles. The quantitative estimate of drug-likeness (QED) is 0.426. The van der Waals surface area contributed by atoms with Crippen molar-refractivity contribution in [2.75, 3.05) is 18.7 Å². The average Bonchev–Trinajstić information content (AvgIpc) is 2.79. The summed E-state index contributed by atoms with van der Waals surface area (Å²) in [6.45, 7) is 0. The van der Waals surface area contributed by atoms with E-state index < -0.39 is 5.91 Å². The lowest BCUT2D eigenvalue weighted by molar-refractivity contribution is -0.113. The van der Waals surface area contributed by atoms with E-state index in [2.05, 4.69) is 10.6 Å². The molecule has 3 aromatic carbocycles. The minimum absolute atomic E-state index is 0.142. The summed E-state index contributed by atoms with van der Waals surface area (Å²) in [5.74, 6) is -0.0583. The molecule has 0 radical (unpaired) electrons. The molecule has 0 aliphatic carbocycles. The van der Waals surface area contributed by atoms with Crippen molar-refractivity contribution in [3.8, 4) is 5.75 Å². The minimum Gasteiger partial charge on any atom is -0.497 e. The van der Waals surface area contributed by atoms with Gasteiger partial charge in [0, 0.05) is 16.1 Å². The third-order valence-corrected chi connectivity index (χ3v) is 5.01. The highest BCUT2D eigenvalue weighted by atomic mass is 32.2. The predicted octanol–water partition coefficient (Wildman–Crippen LogP) is 4.83. The zero-order valence-corrected chi connectivity index (χ0v) is 17.5. The standard InChI is InChI=1S/C24H22N2O3S/c1-29-20-13-11-17(12-14-20)15-22(26-23(27)18-7-4-3-5-8-18)24(28)25-19-9-6-10-21(16-19)30-2/h3-16H,1-2H3,(H,25,28)(H,26,27)/b22-15+. The largest absolute Gasteiger partial charge is 0.497 e. The van der Waals surface area contributed by atoms with E-state index in [-0.39, 0.29) is 11.6 Å². The lowest BCUT2D eigenvalue weighted by atomic mass is 10.1. The van der Waals surface area contributed by atoms with Crippen LogP contribution >= 0.6 is 11.8 Å². The van der Waals surface area contributed by atoms with Crippen LogP contribution in [0.4, 0.5) is 5.69 Å². The van der Waals surface area contributed by atoms with E-state index in [0.717, 1.165) is 10.5 Å². The van der Waals surface area contributed by atoms with Crippen LogP contribution in [-0.4, -0.2) is 25.2 Å². The fraction of sp³-hybridized carbons (Fsp3) is 0.0833. The van der Waals surface area contributed by atoms with Crippen LogP contribution in [0.2, 0.25) is 0 Å². The van der Waals surface area contributed by atoms with E-state index >= 15 is 0 Å². The zero-order valence-electron chi connectivity index (χ0n) is 16.7. The van der Waals surface area contributed by atoms with Gasteiger partial charge in [0.2, 0.25) is 0 Å². The Balaban J connectivity index is 1.87. The van der Waals surface area contributed by atoms with Gasteiger partial charge in [-0.3, -0.25) is 9.59 Å². The van der Waals surface area contributed by atoms with Crippen molar-refractivity contribution in [2.24, 2.45) is 0 Å². The van der Waals surface area contributed by atoms with Crippen LogP contribution in [0.5, 0.6) is 5.75 Å². The van der Waals surface area contributed by atoms with Crippen molar-refractivity contribution in [3.63, 3.8) is 0 Å². The summed E-state index contributed by atoms with van der Waals surface area (Å²) in [6.07, 6.45) is 3.60. The maximum absolute atomic E-state index is 13.0. The van der Waals surface area contributed by atoms with Crippen molar-refractivity contribution in [1.82, 2.24) is 5.32 Å². The number of hydrogen-bond acceptors (Lipinski definition) is 4. The number of hydrogen-bond donors (Lipinski definition) is 2. The Labute approximate surface area is 180 Å². The van der Waals surface area contributed by atoms with E-state index in [1.807, 2.05) is 48.7 Å². The molecule has 0 saturated heterocycles. The Morgan fingerprint density at radius 3 is 2.33 bits per heavy atom. The zero-order chi connectivity index (χ0) is 21.3. The van der Waals surface area contributed by atoms with Gasteiger partial charge in [0.15, 0.2) is 0 Å². The van der Waals surface area contributed by atoms with Crippen molar-refractivity contribution >= 4 is 35.3 Å². The van der Waals surface area contributed by atoms with Gasteiger partial charge in [0.1, 0.15) is 11.4 Å². The normalized spacial score (nSPS) is 10.9. The second-order valence-electron chi connectivity index (χ2n) is 6.34. The van der Waals surface area contributed by atoms with Gasteiger partial charge in [-0.2, -0.15) is 0 Å². The highest BCUT2D eigenvalue weighted by Gasteiger charge is 2.15. The van der Waals surface area contributed by atoms with E-state index in [0.29, 0.717) is 17.0 Å². The number of rotatable bonds is 7. The van der Waals surface area contributed by atoms with E-state index in [1.54, 1.807) is 61.3 Å². The summed E-state index contributed by atoms with van der Waals surface area (Å²) in [5, 5.41) is 5.59. The molecular weight excluding hydrogens is 396 g/mol. The first-order valence-corrected chi connectivity index (χ1v) is 10.5. The summed E-state index contributed by atoms with van der Waals surface area (Å²) in [7, 11) is 1.59. The number of carbonyl (C=O) groups is 2. The Hall–Kier alpha value is -3.51. The molecule has 3 rings (SSSR count). The van der Waals surface area contributed by atoms with Crippen molar-refractivity contribution in [1.29, 1.82) is 0 Å². The maximum Gasteiger partial charge on any atom is 0.272 e. The monoisotopic (exact) mass is 418 g/mol. The number of ether oxygens (including phenoxy) is 1. The van der Waals surface area contributed by atoms with Crippen LogP contribution < -0.4 is 15.4 Å². The van der Waals surface area contributed by atoms with Gasteiger partial charge in [-0.25, -0.2) is 0 Å². The number of carbonyl (C=O) groups excluding carboxylic acids is 2. The summed E-state index contributed by atoms with van der Waals surface area (Å²) in [4.78, 5) is 26.7. The molecule has 6 heteroatoms. The van der Waals surface area contributed by atoms with Crippen LogP contribution in [-0.2, 0) is 4.79 Å². The molecule has 2 N–H and O–H groups in total. The summed E-state index contributed by atoms with van der Waals surface area (Å²) in [5.41, 5.74) is 2.02.